The number of Topliss-reactive ketones (excluding diaryl/α,β-unsaturated/α-hetero) is 1. The van der Waals surface area contributed by atoms with Gasteiger partial charge in [0.05, 0.1) is 29.8 Å². The smallest absolute Gasteiger partial charge is 0.164 e. The molecule has 2 aliphatic heterocycles. The Balaban J connectivity index is 1.75. The van der Waals surface area contributed by atoms with Gasteiger partial charge in [0.15, 0.2) is 11.9 Å². The van der Waals surface area contributed by atoms with Crippen LogP contribution in [-0.2, 0) is 17.3 Å². The molecule has 5 rings (SSSR count). The summed E-state index contributed by atoms with van der Waals surface area (Å²) < 4.78 is 2.02. The zero-order chi connectivity index (χ0) is 21.1. The van der Waals surface area contributed by atoms with Crippen molar-refractivity contribution in [3.05, 3.63) is 65.4 Å². The molecule has 154 valence electrons. The van der Waals surface area contributed by atoms with Crippen molar-refractivity contribution < 1.29 is 4.79 Å². The lowest BCUT2D eigenvalue weighted by molar-refractivity contribution is -0.119. The molecule has 0 fully saturated rings. The number of hydrogen-bond donors (Lipinski definition) is 1. The molecule has 0 bridgehead atoms. The van der Waals surface area contributed by atoms with Crippen molar-refractivity contribution in [3.8, 4) is 11.3 Å². The van der Waals surface area contributed by atoms with Crippen LogP contribution in [-0.4, -0.2) is 21.5 Å². The summed E-state index contributed by atoms with van der Waals surface area (Å²) in [5.41, 5.74) is 5.69. The third-order valence-electron chi connectivity index (χ3n) is 6.78. The van der Waals surface area contributed by atoms with Gasteiger partial charge in [-0.25, -0.2) is 4.98 Å². The van der Waals surface area contributed by atoms with Gasteiger partial charge in [-0.1, -0.05) is 39.0 Å². The molecule has 3 aliphatic rings. The van der Waals surface area contributed by atoms with Crippen LogP contribution in [0.25, 0.3) is 11.3 Å². The van der Waals surface area contributed by atoms with Crippen molar-refractivity contribution in [2.45, 2.75) is 51.6 Å². The van der Waals surface area contributed by atoms with Crippen LogP contribution in [0.4, 0.5) is 0 Å². The molecule has 0 radical (unpaired) electrons. The van der Waals surface area contributed by atoms with Crippen LogP contribution in [0, 0.1) is 5.41 Å². The van der Waals surface area contributed by atoms with E-state index >= 15 is 0 Å². The molecule has 3 heterocycles. The van der Waals surface area contributed by atoms with Crippen LogP contribution in [0.1, 0.15) is 45.6 Å². The molecule has 6 nitrogen and oxygen atoms in total. The number of nitrogens with zero attached hydrogens (tertiary/aromatic N) is 4. The van der Waals surface area contributed by atoms with Crippen molar-refractivity contribution >= 4 is 5.78 Å². The molecule has 6 heteroatoms. The van der Waals surface area contributed by atoms with Gasteiger partial charge in [-0.2, -0.15) is 10.2 Å². The summed E-state index contributed by atoms with van der Waals surface area (Å²) in [6.07, 6.45) is 7.52. The second-order valence-electron chi connectivity index (χ2n) is 9.39. The summed E-state index contributed by atoms with van der Waals surface area (Å²) in [7, 11) is 2.00. The number of nitrogens with one attached hydrogen (secondary N) is 1. The predicted molar refractivity (Wildman–Crippen MR) is 116 cm³/mol. The Kier molecular flexibility index (Phi) is 4.10. The van der Waals surface area contributed by atoms with Gasteiger partial charge in [0.25, 0.3) is 0 Å². The van der Waals surface area contributed by atoms with E-state index in [1.165, 1.54) is 0 Å². The number of rotatable bonds is 3. The van der Waals surface area contributed by atoms with Crippen LogP contribution in [0.5, 0.6) is 0 Å². The van der Waals surface area contributed by atoms with Crippen molar-refractivity contribution in [1.82, 2.24) is 14.9 Å². The number of imidazole rings is 1. The molecule has 30 heavy (non-hydrogen) atoms. The van der Waals surface area contributed by atoms with E-state index in [-0.39, 0.29) is 17.4 Å². The Labute approximate surface area is 176 Å². The van der Waals surface area contributed by atoms with E-state index < -0.39 is 5.41 Å². The number of carbonyl (C=O) groups excluding carboxylic acids is 1. The van der Waals surface area contributed by atoms with Gasteiger partial charge in [-0.05, 0) is 29.9 Å². The highest BCUT2D eigenvalue weighted by molar-refractivity contribution is 6.01. The Morgan fingerprint density at radius 2 is 2.10 bits per heavy atom. The molecular weight excluding hydrogens is 374 g/mol. The third kappa shape index (κ3) is 2.62. The lowest BCUT2D eigenvalue weighted by Crippen LogP contribution is -2.51. The minimum Gasteiger partial charge on any atom is -0.362 e. The first-order valence-corrected chi connectivity index (χ1v) is 10.6. The molecular formula is C24H27N5O. The Morgan fingerprint density at radius 3 is 2.83 bits per heavy atom. The number of ketones is 1. The Bertz CT molecular complexity index is 1140. The molecule has 0 spiro atoms. The minimum atomic E-state index is -0.517. The van der Waals surface area contributed by atoms with Crippen molar-refractivity contribution in [2.24, 2.45) is 22.7 Å². The maximum Gasteiger partial charge on any atom is 0.164 e. The van der Waals surface area contributed by atoms with Gasteiger partial charge < -0.3 is 9.88 Å². The van der Waals surface area contributed by atoms with Crippen LogP contribution in [0.15, 0.2) is 70.1 Å². The summed E-state index contributed by atoms with van der Waals surface area (Å²) in [5, 5.41) is 12.2. The van der Waals surface area contributed by atoms with Gasteiger partial charge in [0.1, 0.15) is 0 Å². The largest absolute Gasteiger partial charge is 0.362 e. The van der Waals surface area contributed by atoms with E-state index in [1.54, 1.807) is 0 Å². The highest BCUT2D eigenvalue weighted by Gasteiger charge is 2.52. The molecule has 0 amide bonds. The number of carbonyl (C=O) groups is 1. The van der Waals surface area contributed by atoms with E-state index in [4.69, 9.17) is 0 Å². The highest BCUT2D eigenvalue weighted by Crippen LogP contribution is 2.53. The third-order valence-corrected chi connectivity index (χ3v) is 6.78. The quantitative estimate of drug-likeness (QED) is 0.813. The number of benzene rings is 1. The number of azo groups is 1. The zero-order valence-electron chi connectivity index (χ0n) is 17.9. The number of allylic oxidation sites excluding steroid dienone is 2. The van der Waals surface area contributed by atoms with E-state index in [0.717, 1.165) is 46.5 Å². The summed E-state index contributed by atoms with van der Waals surface area (Å²) in [4.78, 5) is 17.8. The van der Waals surface area contributed by atoms with Crippen LogP contribution in [0.2, 0.25) is 0 Å². The Hall–Kier alpha value is -3.02. The number of hydrogen-bond acceptors (Lipinski definition) is 5. The predicted octanol–water partition coefficient (Wildman–Crippen LogP) is 4.66. The maximum atomic E-state index is 13.5. The average Bonchev–Trinajstić information content (AvgIpc) is 3.34. The molecule has 2 atom stereocenters. The summed E-state index contributed by atoms with van der Waals surface area (Å²) in [6, 6.07) is 8.52. The fourth-order valence-corrected chi connectivity index (χ4v) is 5.47. The lowest BCUT2D eigenvalue weighted by Gasteiger charge is -2.47. The molecule has 2 aromatic rings. The SMILES string of the molecule is CC[C@@]1(c2cccc(-c3cncn3C)c2)C2=CN=NC2NC2=C1C(=O)CC(C)(C)C2. The van der Waals surface area contributed by atoms with Crippen molar-refractivity contribution in [1.29, 1.82) is 0 Å². The number of fused-ring (bicyclic) bond motifs is 1. The fourth-order valence-electron chi connectivity index (χ4n) is 5.47. The number of aryl methyl sites for hydroxylation is 1. The zero-order valence-corrected chi connectivity index (χ0v) is 17.9. The van der Waals surface area contributed by atoms with Crippen molar-refractivity contribution in [3.63, 3.8) is 0 Å². The highest BCUT2D eigenvalue weighted by atomic mass is 16.1. The number of aromatic nitrogens is 2. The van der Waals surface area contributed by atoms with Gasteiger partial charge in [0, 0.05) is 35.9 Å². The first-order valence-electron chi connectivity index (χ1n) is 10.6. The second kappa shape index (κ2) is 6.49. The maximum absolute atomic E-state index is 13.5. The monoisotopic (exact) mass is 401 g/mol. The Morgan fingerprint density at radius 1 is 1.27 bits per heavy atom. The van der Waals surface area contributed by atoms with E-state index in [0.29, 0.717) is 6.42 Å². The summed E-state index contributed by atoms with van der Waals surface area (Å²) >= 11 is 0. The van der Waals surface area contributed by atoms with Gasteiger partial charge in [0.2, 0.25) is 0 Å². The molecule has 1 unspecified atom stereocenters. The van der Waals surface area contributed by atoms with Crippen LogP contribution < -0.4 is 5.32 Å². The second-order valence-corrected chi connectivity index (χ2v) is 9.39. The van der Waals surface area contributed by atoms with Crippen LogP contribution in [0.3, 0.4) is 0 Å². The minimum absolute atomic E-state index is 0.0596. The van der Waals surface area contributed by atoms with Crippen molar-refractivity contribution in [2.75, 3.05) is 0 Å². The van der Waals surface area contributed by atoms with E-state index in [9.17, 15) is 4.79 Å². The molecule has 1 aromatic heterocycles. The average molecular weight is 402 g/mol. The van der Waals surface area contributed by atoms with Gasteiger partial charge in [-0.15, -0.1) is 0 Å². The molecule has 1 aliphatic carbocycles. The standard InChI is InChI=1S/C24H27N5O/c1-5-24(16-8-6-7-15(9-16)19-13-25-14-29(19)4)17-12-26-28-22(17)27-18-10-23(2,3)11-20(30)21(18)24/h6-9,12-14,22,27H,5,10-11H2,1-4H3/t22?,24-/m1/s1. The molecule has 1 N–H and O–H groups in total. The first-order chi connectivity index (χ1) is 14.4. The van der Waals surface area contributed by atoms with E-state index in [1.807, 2.05) is 30.3 Å². The molecule has 1 aromatic carbocycles. The van der Waals surface area contributed by atoms with Gasteiger partial charge in [-0.3, -0.25) is 4.79 Å². The van der Waals surface area contributed by atoms with Gasteiger partial charge >= 0.3 is 0 Å². The summed E-state index contributed by atoms with van der Waals surface area (Å²) in [6.45, 7) is 6.49. The van der Waals surface area contributed by atoms with Crippen LogP contribution >= 0.6 is 0 Å². The molecule has 0 saturated heterocycles. The first kappa shape index (κ1) is 19.0. The normalized spacial score (nSPS) is 26.9. The lowest BCUT2D eigenvalue weighted by atomic mass is 9.58. The fraction of sp³-hybridized carbons (Fsp3) is 0.417. The topological polar surface area (TPSA) is 71.6 Å². The summed E-state index contributed by atoms with van der Waals surface area (Å²) in [5.74, 6) is 0.229. The van der Waals surface area contributed by atoms with E-state index in [2.05, 4.69) is 65.6 Å². The molecule has 0 saturated carbocycles.